The third-order valence-electron chi connectivity index (χ3n) is 14.5. The highest BCUT2D eigenvalue weighted by Crippen LogP contribution is 2.24. The number of rotatable bonds is 53. The topological polar surface area (TPSA) is 89.7 Å². The number of esters is 1. The minimum Gasteiger partial charge on any atom is -0.481 e. The quantitative estimate of drug-likeness (QED) is 0.0274. The summed E-state index contributed by atoms with van der Waals surface area (Å²) < 4.78 is 12.1. The molecule has 0 bridgehead atoms. The molecule has 3 unspecified atom stereocenters. The number of carbonyl (C=O) groups excluding carboxylic acids is 1. The summed E-state index contributed by atoms with van der Waals surface area (Å²) in [5.74, 6) is 2.38. The predicted octanol–water partition coefficient (Wildman–Crippen LogP) is 18.8. The van der Waals surface area contributed by atoms with Gasteiger partial charge in [0.05, 0.1) is 19.0 Å². The molecule has 3 atom stereocenters. The van der Waals surface area contributed by atoms with Crippen LogP contribution >= 0.6 is 0 Å². The number of unbranched alkanes of at least 4 members (excludes halogenated alkanes) is 27. The molecule has 0 aliphatic carbocycles. The van der Waals surface area contributed by atoms with Crippen molar-refractivity contribution in [2.24, 2.45) is 11.8 Å². The molecule has 0 fully saturated rings. The fourth-order valence-electron chi connectivity index (χ4n) is 9.89. The van der Waals surface area contributed by atoms with E-state index >= 15 is 0 Å². The molecular formula is C60H120N4O3. The van der Waals surface area contributed by atoms with Crippen molar-refractivity contribution in [2.45, 2.75) is 317 Å². The Morgan fingerprint density at radius 3 is 1.16 bits per heavy atom. The van der Waals surface area contributed by atoms with Crippen LogP contribution in [0.4, 0.5) is 0 Å². The van der Waals surface area contributed by atoms with Crippen LogP contribution in [-0.4, -0.2) is 73.9 Å². The summed E-state index contributed by atoms with van der Waals surface area (Å²) >= 11 is 0. The lowest BCUT2D eigenvalue weighted by atomic mass is 9.95. The van der Waals surface area contributed by atoms with Gasteiger partial charge >= 0.3 is 5.97 Å². The van der Waals surface area contributed by atoms with Crippen molar-refractivity contribution in [1.82, 2.24) is 9.80 Å². The Balaban J connectivity index is 5.36. The van der Waals surface area contributed by atoms with Gasteiger partial charge in [0.2, 0.25) is 0 Å². The number of hydrogen-bond acceptors (Lipinski definition) is 6. The monoisotopic (exact) mass is 945 g/mol. The van der Waals surface area contributed by atoms with Gasteiger partial charge in [-0.3, -0.25) is 15.6 Å². The Kier molecular flexibility index (Phi) is 49.5. The molecule has 0 aliphatic rings. The van der Waals surface area contributed by atoms with Gasteiger partial charge in [-0.05, 0) is 83.7 Å². The number of nitrogens with zero attached hydrogens (tertiary/aromatic N) is 2. The SMILES string of the molecule is CCCCCCCCCCN(C(=N)CCN(C)C)C(CCCCCC(=N)OCC(CCCCCC)CCCCCCCC)CCCCCC(=O)OCC(CCCCCC)CCCCCCCC. The van der Waals surface area contributed by atoms with Crippen molar-refractivity contribution < 1.29 is 14.3 Å². The average Bonchev–Trinajstić information content (AvgIpc) is 3.32. The highest BCUT2D eigenvalue weighted by Gasteiger charge is 2.21. The van der Waals surface area contributed by atoms with Crippen LogP contribution in [0.25, 0.3) is 0 Å². The van der Waals surface area contributed by atoms with Gasteiger partial charge in [0.25, 0.3) is 0 Å². The molecule has 0 aromatic rings. The van der Waals surface area contributed by atoms with Crippen LogP contribution in [0.3, 0.4) is 0 Å². The predicted molar refractivity (Wildman–Crippen MR) is 295 cm³/mol. The molecule has 0 aromatic heterocycles. The summed E-state index contributed by atoms with van der Waals surface area (Å²) in [7, 11) is 4.24. The van der Waals surface area contributed by atoms with Gasteiger partial charge in [-0.25, -0.2) is 0 Å². The van der Waals surface area contributed by atoms with Crippen LogP contribution in [0.15, 0.2) is 0 Å². The van der Waals surface area contributed by atoms with Crippen molar-refractivity contribution in [1.29, 1.82) is 10.8 Å². The first-order valence-electron chi connectivity index (χ1n) is 30.1. The Labute approximate surface area is 420 Å². The molecule has 7 heteroatoms. The fourth-order valence-corrected chi connectivity index (χ4v) is 9.89. The maximum atomic E-state index is 13.0. The number of carbonyl (C=O) groups is 1. The van der Waals surface area contributed by atoms with E-state index in [1.807, 2.05) is 0 Å². The fraction of sp³-hybridized carbons (Fsp3) is 0.950. The minimum absolute atomic E-state index is 0.00492. The standard InChI is InChI=1S/C60H120N4O3/c1-8-13-18-23-26-27-30-41-51-64(58(61)50-52-63(6)7)57(46-37-31-39-48-59(62)66-53-55(42-33-21-16-11-4)44-35-28-24-19-14-9-2)47-38-32-40-49-60(65)67-54-56(43-34-22-17-12-5)45-36-29-25-20-15-10-3/h55-57,61-62H,8-54H2,1-7H3. The summed E-state index contributed by atoms with van der Waals surface area (Å²) in [6.07, 6.45) is 52.0. The van der Waals surface area contributed by atoms with Crippen molar-refractivity contribution in [3.05, 3.63) is 0 Å². The Morgan fingerprint density at radius 1 is 0.388 bits per heavy atom. The molecule has 0 saturated heterocycles. The van der Waals surface area contributed by atoms with Crippen molar-refractivity contribution >= 4 is 17.7 Å². The van der Waals surface area contributed by atoms with E-state index in [9.17, 15) is 10.2 Å². The molecule has 7 nitrogen and oxygen atoms in total. The second kappa shape index (κ2) is 50.7. The first-order valence-corrected chi connectivity index (χ1v) is 30.1. The van der Waals surface area contributed by atoms with Crippen LogP contribution < -0.4 is 0 Å². The van der Waals surface area contributed by atoms with Crippen molar-refractivity contribution in [3.63, 3.8) is 0 Å². The van der Waals surface area contributed by atoms with Gasteiger partial charge in [0, 0.05) is 38.4 Å². The first kappa shape index (κ1) is 65.4. The molecule has 0 rings (SSSR count). The van der Waals surface area contributed by atoms with E-state index < -0.39 is 0 Å². The van der Waals surface area contributed by atoms with Crippen molar-refractivity contribution in [3.8, 4) is 0 Å². The van der Waals surface area contributed by atoms with Gasteiger partial charge in [-0.15, -0.1) is 0 Å². The zero-order valence-corrected chi connectivity index (χ0v) is 46.6. The smallest absolute Gasteiger partial charge is 0.305 e. The Hall–Kier alpha value is -1.63. The number of hydrogen-bond donors (Lipinski definition) is 2. The lowest BCUT2D eigenvalue weighted by molar-refractivity contribution is -0.145. The van der Waals surface area contributed by atoms with Crippen LogP contribution in [0.2, 0.25) is 0 Å². The van der Waals surface area contributed by atoms with Gasteiger partial charge in [0.1, 0.15) is 0 Å². The van der Waals surface area contributed by atoms with E-state index in [0.29, 0.717) is 36.8 Å². The van der Waals surface area contributed by atoms with E-state index in [1.54, 1.807) is 0 Å². The normalized spacial score (nSPS) is 13.0. The molecule has 0 radical (unpaired) electrons. The molecule has 398 valence electrons. The highest BCUT2D eigenvalue weighted by molar-refractivity contribution is 5.79. The van der Waals surface area contributed by atoms with E-state index in [2.05, 4.69) is 58.5 Å². The van der Waals surface area contributed by atoms with Crippen molar-refractivity contribution in [2.75, 3.05) is 40.4 Å². The summed E-state index contributed by atoms with van der Waals surface area (Å²) in [5.41, 5.74) is 0. The zero-order chi connectivity index (χ0) is 49.3. The van der Waals surface area contributed by atoms with E-state index in [-0.39, 0.29) is 5.97 Å². The Morgan fingerprint density at radius 2 is 0.731 bits per heavy atom. The van der Waals surface area contributed by atoms with E-state index in [4.69, 9.17) is 14.9 Å². The van der Waals surface area contributed by atoms with Gasteiger partial charge in [-0.2, -0.15) is 0 Å². The second-order valence-electron chi connectivity index (χ2n) is 21.5. The largest absolute Gasteiger partial charge is 0.481 e. The maximum Gasteiger partial charge on any atom is 0.305 e. The van der Waals surface area contributed by atoms with Gasteiger partial charge in [-0.1, -0.05) is 234 Å². The third kappa shape index (κ3) is 44.1. The second-order valence-corrected chi connectivity index (χ2v) is 21.5. The number of amidine groups is 1. The lowest BCUT2D eigenvalue weighted by Crippen LogP contribution is -2.41. The Bertz CT molecular complexity index is 1010. The van der Waals surface area contributed by atoms with Crippen LogP contribution in [0.5, 0.6) is 0 Å². The number of ether oxygens (including phenoxy) is 2. The molecule has 2 N–H and O–H groups in total. The molecule has 0 saturated carbocycles. The molecular weight excluding hydrogens is 825 g/mol. The summed E-state index contributed by atoms with van der Waals surface area (Å²) in [4.78, 5) is 17.7. The van der Waals surface area contributed by atoms with E-state index in [1.165, 1.54) is 199 Å². The van der Waals surface area contributed by atoms with Gasteiger partial charge in [0.15, 0.2) is 5.90 Å². The lowest BCUT2D eigenvalue weighted by Gasteiger charge is -2.35. The van der Waals surface area contributed by atoms with Gasteiger partial charge < -0.3 is 19.3 Å². The third-order valence-corrected chi connectivity index (χ3v) is 14.5. The molecule has 0 heterocycles. The number of nitrogens with one attached hydrogen (secondary N) is 2. The molecule has 0 aliphatic heterocycles. The highest BCUT2D eigenvalue weighted by atomic mass is 16.5. The zero-order valence-electron chi connectivity index (χ0n) is 46.6. The minimum atomic E-state index is -0.00492. The summed E-state index contributed by atoms with van der Waals surface area (Å²) in [6.45, 7) is 14.6. The molecule has 0 spiro atoms. The van der Waals surface area contributed by atoms with Crippen LogP contribution in [0, 0.1) is 22.7 Å². The maximum absolute atomic E-state index is 13.0. The molecule has 0 amide bonds. The molecule has 0 aromatic carbocycles. The van der Waals surface area contributed by atoms with Crippen LogP contribution in [-0.2, 0) is 14.3 Å². The first-order chi connectivity index (χ1) is 32.7. The molecule has 67 heavy (non-hydrogen) atoms. The average molecular weight is 946 g/mol. The van der Waals surface area contributed by atoms with Crippen LogP contribution in [0.1, 0.15) is 311 Å². The summed E-state index contributed by atoms with van der Waals surface area (Å²) in [6, 6.07) is 0.354. The summed E-state index contributed by atoms with van der Waals surface area (Å²) in [5, 5.41) is 18.1. The van der Waals surface area contributed by atoms with E-state index in [0.717, 1.165) is 96.2 Å².